The van der Waals surface area contributed by atoms with Crippen LogP contribution in [0.15, 0.2) is 89.8 Å². The Bertz CT molecular complexity index is 742. The number of rotatable bonds is 8. The zero-order valence-corrected chi connectivity index (χ0v) is 15.1. The van der Waals surface area contributed by atoms with Gasteiger partial charge in [-0.2, -0.15) is 0 Å². The third-order valence-electron chi connectivity index (χ3n) is 4.01. The Labute approximate surface area is 154 Å². The molecule has 2 nitrogen and oxygen atoms in total. The maximum Gasteiger partial charge on any atom is 0.0341 e. The van der Waals surface area contributed by atoms with E-state index >= 15 is 0 Å². The summed E-state index contributed by atoms with van der Waals surface area (Å²) in [6.07, 6.45) is 0.888. The summed E-state index contributed by atoms with van der Waals surface area (Å²) in [5, 5.41) is 3.43. The summed E-state index contributed by atoms with van der Waals surface area (Å²) >= 11 is 1.86. The topological polar surface area (TPSA) is 38.0 Å². The summed E-state index contributed by atoms with van der Waals surface area (Å²) in [4.78, 5) is 1.28. The summed E-state index contributed by atoms with van der Waals surface area (Å²) in [5.41, 5.74) is 9.98. The highest BCUT2D eigenvalue weighted by atomic mass is 32.2. The second-order valence-corrected chi connectivity index (χ2v) is 7.18. The normalized spacial score (nSPS) is 11.9. The molecular formula is C22H24N2S. The molecule has 3 rings (SSSR count). The van der Waals surface area contributed by atoms with E-state index in [1.807, 2.05) is 17.8 Å². The minimum atomic E-state index is 0.106. The second-order valence-electron chi connectivity index (χ2n) is 6.13. The molecule has 0 saturated heterocycles. The zero-order valence-electron chi connectivity index (χ0n) is 14.3. The molecule has 0 radical (unpaired) electrons. The number of anilines is 1. The van der Waals surface area contributed by atoms with Crippen molar-refractivity contribution in [2.45, 2.75) is 23.1 Å². The van der Waals surface area contributed by atoms with E-state index < -0.39 is 0 Å². The van der Waals surface area contributed by atoms with Crippen LogP contribution in [0.2, 0.25) is 0 Å². The third kappa shape index (κ3) is 5.96. The second kappa shape index (κ2) is 9.30. The highest BCUT2D eigenvalue weighted by molar-refractivity contribution is 7.98. The molecule has 25 heavy (non-hydrogen) atoms. The molecule has 0 aliphatic rings. The smallest absolute Gasteiger partial charge is 0.0341 e. The Hall–Kier alpha value is -2.23. The minimum Gasteiger partial charge on any atom is -0.383 e. The van der Waals surface area contributed by atoms with E-state index in [0.29, 0.717) is 0 Å². The highest BCUT2D eigenvalue weighted by Crippen LogP contribution is 2.24. The van der Waals surface area contributed by atoms with Gasteiger partial charge in [-0.1, -0.05) is 60.7 Å². The predicted molar refractivity (Wildman–Crippen MR) is 109 cm³/mol. The summed E-state index contributed by atoms with van der Waals surface area (Å²) in [5.74, 6) is 0.996. The molecule has 0 amide bonds. The van der Waals surface area contributed by atoms with E-state index in [9.17, 15) is 0 Å². The van der Waals surface area contributed by atoms with Crippen LogP contribution in [0.1, 0.15) is 11.1 Å². The fourth-order valence-electron chi connectivity index (χ4n) is 2.65. The largest absolute Gasteiger partial charge is 0.383 e. The average Bonchev–Trinajstić information content (AvgIpc) is 2.67. The van der Waals surface area contributed by atoms with Crippen molar-refractivity contribution in [3.8, 4) is 0 Å². The standard InChI is InChI=1S/C22H24N2S/c23-20(15-18-7-3-1-4-8-18)16-24-21-11-13-22(14-12-21)25-17-19-9-5-2-6-10-19/h1-14,20,24H,15-17,23H2/t20-/m0/s1. The summed E-state index contributed by atoms with van der Waals surface area (Å²) in [7, 11) is 0. The van der Waals surface area contributed by atoms with E-state index in [1.165, 1.54) is 16.0 Å². The van der Waals surface area contributed by atoms with Gasteiger partial charge in [0.05, 0.1) is 0 Å². The summed E-state index contributed by atoms with van der Waals surface area (Å²) < 4.78 is 0. The predicted octanol–water partition coefficient (Wildman–Crippen LogP) is 4.96. The van der Waals surface area contributed by atoms with Gasteiger partial charge in [-0.15, -0.1) is 11.8 Å². The number of hydrogen-bond donors (Lipinski definition) is 2. The fraction of sp³-hybridized carbons (Fsp3) is 0.182. The van der Waals surface area contributed by atoms with Crippen LogP contribution in [0.5, 0.6) is 0 Å². The highest BCUT2D eigenvalue weighted by Gasteiger charge is 2.04. The molecule has 3 heteroatoms. The van der Waals surface area contributed by atoms with Crippen LogP contribution in [0.25, 0.3) is 0 Å². The number of nitrogens with two attached hydrogens (primary N) is 1. The molecule has 0 spiro atoms. The molecule has 3 aromatic rings. The molecule has 1 atom stereocenters. The fourth-order valence-corrected chi connectivity index (χ4v) is 3.50. The van der Waals surface area contributed by atoms with Gasteiger partial charge in [-0.05, 0) is 41.8 Å². The van der Waals surface area contributed by atoms with Gasteiger partial charge in [-0.25, -0.2) is 0 Å². The lowest BCUT2D eigenvalue weighted by atomic mass is 10.1. The van der Waals surface area contributed by atoms with E-state index in [2.05, 4.69) is 84.2 Å². The SMILES string of the molecule is N[C@H](CNc1ccc(SCc2ccccc2)cc1)Cc1ccccc1. The number of benzene rings is 3. The average molecular weight is 349 g/mol. The van der Waals surface area contributed by atoms with Crippen LogP contribution < -0.4 is 11.1 Å². The lowest BCUT2D eigenvalue weighted by Gasteiger charge is -2.14. The molecule has 0 aromatic heterocycles. The van der Waals surface area contributed by atoms with Crippen molar-refractivity contribution >= 4 is 17.4 Å². The monoisotopic (exact) mass is 348 g/mol. The van der Waals surface area contributed by atoms with E-state index in [-0.39, 0.29) is 6.04 Å². The first-order chi connectivity index (χ1) is 12.3. The van der Waals surface area contributed by atoms with Gasteiger partial charge < -0.3 is 11.1 Å². The van der Waals surface area contributed by atoms with Gasteiger partial charge in [-0.3, -0.25) is 0 Å². The maximum absolute atomic E-state index is 6.23. The number of nitrogens with one attached hydrogen (secondary N) is 1. The van der Waals surface area contributed by atoms with Crippen molar-refractivity contribution < 1.29 is 0 Å². The molecule has 128 valence electrons. The Morgan fingerprint density at radius 1 is 0.760 bits per heavy atom. The first-order valence-electron chi connectivity index (χ1n) is 8.60. The van der Waals surface area contributed by atoms with Gasteiger partial charge in [0.2, 0.25) is 0 Å². The molecule has 0 fully saturated rings. The van der Waals surface area contributed by atoms with Crippen molar-refractivity contribution in [1.29, 1.82) is 0 Å². The van der Waals surface area contributed by atoms with Gasteiger partial charge in [0.1, 0.15) is 0 Å². The lowest BCUT2D eigenvalue weighted by Crippen LogP contribution is -2.31. The van der Waals surface area contributed by atoms with Crippen molar-refractivity contribution in [3.05, 3.63) is 96.1 Å². The van der Waals surface area contributed by atoms with Gasteiger partial charge in [0.15, 0.2) is 0 Å². The van der Waals surface area contributed by atoms with Gasteiger partial charge in [0.25, 0.3) is 0 Å². The quantitative estimate of drug-likeness (QED) is 0.565. The third-order valence-corrected chi connectivity index (χ3v) is 5.09. The van der Waals surface area contributed by atoms with Crippen molar-refractivity contribution in [1.82, 2.24) is 0 Å². The first-order valence-corrected chi connectivity index (χ1v) is 9.58. The van der Waals surface area contributed by atoms with Crippen molar-refractivity contribution in [3.63, 3.8) is 0 Å². The molecule has 0 unspecified atom stereocenters. The zero-order chi connectivity index (χ0) is 17.3. The van der Waals surface area contributed by atoms with Crippen LogP contribution in [0, 0.1) is 0 Å². The van der Waals surface area contributed by atoms with E-state index in [1.54, 1.807) is 0 Å². The molecule has 0 aliphatic carbocycles. The van der Waals surface area contributed by atoms with E-state index in [4.69, 9.17) is 5.73 Å². The molecule has 3 aromatic carbocycles. The Balaban J connectivity index is 1.44. The van der Waals surface area contributed by atoms with Crippen LogP contribution in [0.3, 0.4) is 0 Å². The molecular weight excluding hydrogens is 324 g/mol. The number of hydrogen-bond acceptors (Lipinski definition) is 3. The Morgan fingerprint density at radius 3 is 2.00 bits per heavy atom. The minimum absolute atomic E-state index is 0.106. The Kier molecular flexibility index (Phi) is 6.55. The maximum atomic E-state index is 6.23. The first kappa shape index (κ1) is 17.6. The lowest BCUT2D eigenvalue weighted by molar-refractivity contribution is 0.699. The molecule has 3 N–H and O–H groups in total. The van der Waals surface area contributed by atoms with E-state index in [0.717, 1.165) is 24.4 Å². The van der Waals surface area contributed by atoms with Crippen LogP contribution in [-0.4, -0.2) is 12.6 Å². The molecule has 0 saturated carbocycles. The Morgan fingerprint density at radius 2 is 1.36 bits per heavy atom. The molecule has 0 heterocycles. The van der Waals surface area contributed by atoms with Crippen molar-refractivity contribution in [2.75, 3.05) is 11.9 Å². The van der Waals surface area contributed by atoms with Crippen LogP contribution in [-0.2, 0) is 12.2 Å². The van der Waals surface area contributed by atoms with Gasteiger partial charge in [0, 0.05) is 28.9 Å². The number of thioether (sulfide) groups is 1. The summed E-state index contributed by atoms with van der Waals surface area (Å²) in [6, 6.07) is 29.6. The van der Waals surface area contributed by atoms with Gasteiger partial charge >= 0.3 is 0 Å². The summed E-state index contributed by atoms with van der Waals surface area (Å²) in [6.45, 7) is 0.769. The van der Waals surface area contributed by atoms with Crippen LogP contribution >= 0.6 is 11.8 Å². The van der Waals surface area contributed by atoms with Crippen LogP contribution in [0.4, 0.5) is 5.69 Å². The van der Waals surface area contributed by atoms with Crippen molar-refractivity contribution in [2.24, 2.45) is 5.73 Å². The molecule has 0 aliphatic heterocycles. The molecule has 0 bridgehead atoms.